The molecule has 0 aliphatic rings. The Labute approximate surface area is 208 Å². The van der Waals surface area contributed by atoms with Gasteiger partial charge in [0.1, 0.15) is 5.75 Å². The molecule has 34 heavy (non-hydrogen) atoms. The van der Waals surface area contributed by atoms with Gasteiger partial charge in [-0.25, -0.2) is 27.8 Å². The summed E-state index contributed by atoms with van der Waals surface area (Å²) < 4.78 is 35.1. The number of ether oxygens (including phenoxy) is 1. The van der Waals surface area contributed by atoms with Gasteiger partial charge in [0.15, 0.2) is 12.4 Å². The number of sulfonamides is 1. The molecule has 2 N–H and O–H groups in total. The SMILES string of the molecule is O=C(Nc1ccc(S(=O)(=O)Nc2ncccn2)cc1)c1ccn(COc2ccc(Br)cc2Cl)n1. The van der Waals surface area contributed by atoms with Crippen molar-refractivity contribution >= 4 is 55.1 Å². The van der Waals surface area contributed by atoms with E-state index in [2.05, 4.69) is 41.0 Å². The molecule has 4 aromatic rings. The lowest BCUT2D eigenvalue weighted by Gasteiger charge is -2.08. The summed E-state index contributed by atoms with van der Waals surface area (Å²) in [6.45, 7) is 0.0549. The number of nitrogens with zero attached hydrogens (tertiary/aromatic N) is 4. The van der Waals surface area contributed by atoms with E-state index in [1.807, 2.05) is 0 Å². The van der Waals surface area contributed by atoms with Crippen LogP contribution in [0.2, 0.25) is 5.02 Å². The van der Waals surface area contributed by atoms with Crippen LogP contribution in [0.15, 0.2) is 82.6 Å². The van der Waals surface area contributed by atoms with Crippen molar-refractivity contribution in [3.8, 4) is 5.75 Å². The maximum atomic E-state index is 12.5. The first-order chi connectivity index (χ1) is 16.3. The molecule has 0 spiro atoms. The lowest BCUT2D eigenvalue weighted by Crippen LogP contribution is -2.16. The van der Waals surface area contributed by atoms with Crippen LogP contribution in [0.25, 0.3) is 0 Å². The molecule has 0 aliphatic carbocycles. The standard InChI is InChI=1S/C21H16BrClN6O4S/c22-14-2-7-19(17(23)12-14)33-13-29-11-8-18(27-29)20(30)26-15-3-5-16(6-4-15)34(31,32)28-21-24-9-1-10-25-21/h1-12H,13H2,(H,26,30)(H,24,25,28). The number of anilines is 2. The predicted octanol–water partition coefficient (Wildman–Crippen LogP) is 4.18. The fraction of sp³-hybridized carbons (Fsp3) is 0.0476. The van der Waals surface area contributed by atoms with Crippen molar-refractivity contribution in [2.24, 2.45) is 0 Å². The van der Waals surface area contributed by atoms with E-state index in [1.54, 1.807) is 30.5 Å². The van der Waals surface area contributed by atoms with Crippen LogP contribution in [0.4, 0.5) is 11.6 Å². The Hall–Kier alpha value is -3.48. The molecule has 0 fully saturated rings. The summed E-state index contributed by atoms with van der Waals surface area (Å²) in [6.07, 6.45) is 4.44. The van der Waals surface area contributed by atoms with E-state index in [1.165, 1.54) is 47.4 Å². The summed E-state index contributed by atoms with van der Waals surface area (Å²) in [6, 6.07) is 14.0. The molecule has 0 atom stereocenters. The fourth-order valence-electron chi connectivity index (χ4n) is 2.73. The van der Waals surface area contributed by atoms with Crippen LogP contribution >= 0.6 is 27.5 Å². The Bertz CT molecular complexity index is 1410. The topological polar surface area (TPSA) is 128 Å². The van der Waals surface area contributed by atoms with Gasteiger partial charge in [-0.3, -0.25) is 4.79 Å². The Morgan fingerprint density at radius 1 is 1.09 bits per heavy atom. The number of halogens is 2. The maximum absolute atomic E-state index is 12.5. The van der Waals surface area contributed by atoms with E-state index in [0.29, 0.717) is 16.5 Å². The smallest absolute Gasteiger partial charge is 0.276 e. The number of nitrogens with one attached hydrogen (secondary N) is 2. The molecule has 0 aliphatic heterocycles. The highest BCUT2D eigenvalue weighted by Crippen LogP contribution is 2.28. The van der Waals surface area contributed by atoms with E-state index in [9.17, 15) is 13.2 Å². The number of benzene rings is 2. The van der Waals surface area contributed by atoms with Crippen LogP contribution < -0.4 is 14.8 Å². The zero-order valence-corrected chi connectivity index (χ0v) is 20.4. The van der Waals surface area contributed by atoms with Crippen LogP contribution in [-0.4, -0.2) is 34.1 Å². The van der Waals surface area contributed by atoms with Crippen molar-refractivity contribution in [1.29, 1.82) is 0 Å². The average molecular weight is 564 g/mol. The number of amides is 1. The molecule has 2 heterocycles. The van der Waals surface area contributed by atoms with Gasteiger partial charge in [-0.05, 0) is 54.6 Å². The number of carbonyl (C=O) groups excluding carboxylic acids is 1. The first kappa shape index (κ1) is 23.7. The summed E-state index contributed by atoms with van der Waals surface area (Å²) in [5.41, 5.74) is 0.553. The first-order valence-corrected chi connectivity index (χ1v) is 12.3. The first-order valence-electron chi connectivity index (χ1n) is 9.63. The summed E-state index contributed by atoms with van der Waals surface area (Å²) in [5, 5.41) is 7.29. The Morgan fingerprint density at radius 3 is 2.53 bits per heavy atom. The lowest BCUT2D eigenvalue weighted by atomic mass is 10.3. The van der Waals surface area contributed by atoms with E-state index >= 15 is 0 Å². The summed E-state index contributed by atoms with van der Waals surface area (Å²) in [7, 11) is -3.87. The second-order valence-electron chi connectivity index (χ2n) is 6.75. The van der Waals surface area contributed by atoms with Gasteiger partial charge >= 0.3 is 0 Å². The van der Waals surface area contributed by atoms with Crippen LogP contribution in [0, 0.1) is 0 Å². The number of rotatable bonds is 8. The molecular formula is C21H16BrClN6O4S. The molecule has 10 nitrogen and oxygen atoms in total. The van der Waals surface area contributed by atoms with Crippen LogP contribution in [0.5, 0.6) is 5.75 Å². The number of aromatic nitrogens is 4. The maximum Gasteiger partial charge on any atom is 0.276 e. The van der Waals surface area contributed by atoms with Crippen LogP contribution in [-0.2, 0) is 16.8 Å². The largest absolute Gasteiger partial charge is 0.470 e. The van der Waals surface area contributed by atoms with E-state index < -0.39 is 15.9 Å². The van der Waals surface area contributed by atoms with E-state index in [0.717, 1.165) is 4.47 Å². The normalized spacial score (nSPS) is 11.1. The highest BCUT2D eigenvalue weighted by Gasteiger charge is 2.16. The highest BCUT2D eigenvalue weighted by atomic mass is 79.9. The molecule has 0 radical (unpaired) electrons. The molecule has 174 valence electrons. The van der Waals surface area contributed by atoms with Gasteiger partial charge in [0.25, 0.3) is 15.9 Å². The number of carbonyl (C=O) groups is 1. The molecular weight excluding hydrogens is 548 g/mol. The molecule has 0 unspecified atom stereocenters. The highest BCUT2D eigenvalue weighted by molar-refractivity contribution is 9.10. The summed E-state index contributed by atoms with van der Waals surface area (Å²) in [4.78, 5) is 20.2. The van der Waals surface area contributed by atoms with Crippen LogP contribution in [0.1, 0.15) is 10.5 Å². The van der Waals surface area contributed by atoms with Crippen molar-refractivity contribution in [1.82, 2.24) is 19.7 Å². The predicted molar refractivity (Wildman–Crippen MR) is 129 cm³/mol. The third-order valence-electron chi connectivity index (χ3n) is 4.33. The third kappa shape index (κ3) is 5.90. The van der Waals surface area contributed by atoms with E-state index in [-0.39, 0.29) is 23.3 Å². The molecule has 0 saturated carbocycles. The molecule has 1 amide bonds. The zero-order chi connectivity index (χ0) is 24.1. The fourth-order valence-corrected chi connectivity index (χ4v) is 4.41. The van der Waals surface area contributed by atoms with Gasteiger partial charge in [0, 0.05) is 28.8 Å². The minimum atomic E-state index is -3.87. The summed E-state index contributed by atoms with van der Waals surface area (Å²) >= 11 is 9.45. The third-order valence-corrected chi connectivity index (χ3v) is 6.47. The minimum absolute atomic E-state index is 0.00835. The Kier molecular flexibility index (Phi) is 7.10. The van der Waals surface area contributed by atoms with Crippen molar-refractivity contribution in [2.75, 3.05) is 10.0 Å². The summed E-state index contributed by atoms with van der Waals surface area (Å²) in [5.74, 6) is -0.0246. The quantitative estimate of drug-likeness (QED) is 0.329. The Balaban J connectivity index is 1.36. The van der Waals surface area contributed by atoms with Crippen molar-refractivity contribution in [3.05, 3.63) is 88.4 Å². The Morgan fingerprint density at radius 2 is 1.82 bits per heavy atom. The molecule has 4 rings (SSSR count). The second kappa shape index (κ2) is 10.2. The molecule has 2 aromatic carbocycles. The average Bonchev–Trinajstić information content (AvgIpc) is 3.29. The van der Waals surface area contributed by atoms with Crippen molar-refractivity contribution in [2.45, 2.75) is 11.6 Å². The van der Waals surface area contributed by atoms with E-state index in [4.69, 9.17) is 16.3 Å². The van der Waals surface area contributed by atoms with Gasteiger partial charge < -0.3 is 10.1 Å². The van der Waals surface area contributed by atoms with Crippen molar-refractivity contribution in [3.63, 3.8) is 0 Å². The van der Waals surface area contributed by atoms with Gasteiger partial charge in [0.2, 0.25) is 5.95 Å². The number of hydrogen-bond acceptors (Lipinski definition) is 7. The minimum Gasteiger partial charge on any atom is -0.470 e. The zero-order valence-electron chi connectivity index (χ0n) is 17.2. The molecule has 0 saturated heterocycles. The lowest BCUT2D eigenvalue weighted by molar-refractivity contribution is 0.102. The van der Waals surface area contributed by atoms with Crippen LogP contribution in [0.3, 0.4) is 0 Å². The van der Waals surface area contributed by atoms with Gasteiger partial charge in [0.05, 0.1) is 9.92 Å². The second-order valence-corrected chi connectivity index (χ2v) is 9.75. The molecule has 0 bridgehead atoms. The van der Waals surface area contributed by atoms with Gasteiger partial charge in [-0.2, -0.15) is 5.10 Å². The van der Waals surface area contributed by atoms with Crippen molar-refractivity contribution < 1.29 is 17.9 Å². The van der Waals surface area contributed by atoms with Gasteiger partial charge in [-0.1, -0.05) is 27.5 Å². The monoisotopic (exact) mass is 562 g/mol. The van der Waals surface area contributed by atoms with Gasteiger partial charge in [-0.15, -0.1) is 0 Å². The number of hydrogen-bond donors (Lipinski definition) is 2. The molecule has 13 heteroatoms. The molecule has 2 aromatic heterocycles.